The van der Waals surface area contributed by atoms with E-state index in [4.69, 9.17) is 0 Å². The van der Waals surface area contributed by atoms with E-state index >= 15 is 0 Å². The van der Waals surface area contributed by atoms with E-state index in [9.17, 15) is 4.39 Å². The van der Waals surface area contributed by atoms with E-state index in [1.165, 1.54) is 12.3 Å². The molecule has 0 aliphatic heterocycles. The Bertz CT molecular complexity index is 510. The molecule has 0 aliphatic rings. The van der Waals surface area contributed by atoms with Gasteiger partial charge in [-0.05, 0) is 52.9 Å². The highest BCUT2D eigenvalue weighted by atomic mass is 79.9. The third kappa shape index (κ3) is 3.16. The van der Waals surface area contributed by atoms with Crippen molar-refractivity contribution in [2.24, 2.45) is 0 Å². The Morgan fingerprint density at radius 2 is 2.11 bits per heavy atom. The largest absolute Gasteiger partial charge is 0.303 e. The van der Waals surface area contributed by atoms with Gasteiger partial charge in [-0.2, -0.15) is 11.3 Å². The molecule has 2 heterocycles. The van der Waals surface area contributed by atoms with E-state index in [0.717, 1.165) is 15.7 Å². The molecule has 5 heteroatoms. The number of aromatic nitrogens is 1. The molecule has 2 aromatic heterocycles. The van der Waals surface area contributed by atoms with Gasteiger partial charge < -0.3 is 5.32 Å². The minimum atomic E-state index is -0.313. The molecule has 0 saturated heterocycles. The van der Waals surface area contributed by atoms with Crippen LogP contribution in [0.25, 0.3) is 0 Å². The number of pyridine rings is 1. The third-order valence-corrected chi connectivity index (χ3v) is 4.25. The molecule has 2 nitrogen and oxygen atoms in total. The molecule has 1 atom stereocenters. The molecule has 0 amide bonds. The summed E-state index contributed by atoms with van der Waals surface area (Å²) < 4.78 is 14.0. The predicted octanol–water partition coefficient (Wildman–Crippen LogP) is 4.13. The number of nitrogens with one attached hydrogen (secondary N) is 1. The Morgan fingerprint density at radius 1 is 1.33 bits per heavy atom. The van der Waals surface area contributed by atoms with Crippen LogP contribution in [0.1, 0.15) is 31.1 Å². The molecular weight excluding hydrogens is 315 g/mol. The number of hydrogen-bond donors (Lipinski definition) is 1. The zero-order valence-corrected chi connectivity index (χ0v) is 12.6. The van der Waals surface area contributed by atoms with Crippen molar-refractivity contribution in [1.29, 1.82) is 0 Å². The van der Waals surface area contributed by atoms with Gasteiger partial charge in [0.2, 0.25) is 0 Å². The molecule has 0 aromatic carbocycles. The molecule has 2 aromatic rings. The second-order valence-corrected chi connectivity index (χ2v) is 5.93. The van der Waals surface area contributed by atoms with Crippen LogP contribution < -0.4 is 5.32 Å². The average molecular weight is 329 g/mol. The van der Waals surface area contributed by atoms with Crippen molar-refractivity contribution in [2.75, 3.05) is 0 Å². The van der Waals surface area contributed by atoms with Crippen LogP contribution in [0.3, 0.4) is 0 Å². The van der Waals surface area contributed by atoms with Gasteiger partial charge >= 0.3 is 0 Å². The summed E-state index contributed by atoms with van der Waals surface area (Å²) in [6.45, 7) is 4.16. The molecule has 0 aliphatic carbocycles. The van der Waals surface area contributed by atoms with Gasteiger partial charge in [-0.3, -0.25) is 4.98 Å². The molecule has 2 rings (SSSR count). The quantitative estimate of drug-likeness (QED) is 0.912. The Kier molecular flexibility index (Phi) is 4.48. The lowest BCUT2D eigenvalue weighted by Crippen LogP contribution is -2.29. The monoisotopic (exact) mass is 328 g/mol. The first-order valence-electron chi connectivity index (χ1n) is 5.67. The van der Waals surface area contributed by atoms with Gasteiger partial charge in [-0.1, -0.05) is 0 Å². The van der Waals surface area contributed by atoms with Crippen molar-refractivity contribution in [1.82, 2.24) is 10.3 Å². The molecular formula is C13H14BrFN2S. The first-order chi connectivity index (χ1) is 8.58. The zero-order valence-electron chi connectivity index (χ0n) is 10.2. The van der Waals surface area contributed by atoms with Gasteiger partial charge in [0.1, 0.15) is 5.82 Å². The highest BCUT2D eigenvalue weighted by molar-refractivity contribution is 9.10. The summed E-state index contributed by atoms with van der Waals surface area (Å²) in [5.74, 6) is -0.313. The molecule has 1 unspecified atom stereocenters. The lowest BCUT2D eigenvalue weighted by molar-refractivity contribution is 0.517. The van der Waals surface area contributed by atoms with Crippen LogP contribution in [0, 0.1) is 5.82 Å². The Morgan fingerprint density at radius 3 is 2.61 bits per heavy atom. The van der Waals surface area contributed by atoms with Gasteiger partial charge in [0.25, 0.3) is 0 Å². The first kappa shape index (κ1) is 13.6. The van der Waals surface area contributed by atoms with E-state index in [1.807, 2.05) is 5.38 Å². The van der Waals surface area contributed by atoms with Crippen molar-refractivity contribution in [3.8, 4) is 0 Å². The van der Waals surface area contributed by atoms with Crippen molar-refractivity contribution in [3.63, 3.8) is 0 Å². The molecule has 0 bridgehead atoms. The van der Waals surface area contributed by atoms with Crippen LogP contribution in [0.2, 0.25) is 0 Å². The fraction of sp³-hybridized carbons (Fsp3) is 0.308. The Labute approximate surface area is 118 Å². The highest BCUT2D eigenvalue weighted by Gasteiger charge is 2.19. The minimum absolute atomic E-state index is 0.0220. The topological polar surface area (TPSA) is 24.9 Å². The number of halogens is 2. The summed E-state index contributed by atoms with van der Waals surface area (Å²) in [5.41, 5.74) is 1.96. The van der Waals surface area contributed by atoms with Gasteiger partial charge in [0.05, 0.1) is 17.9 Å². The summed E-state index contributed by atoms with van der Waals surface area (Å²) in [7, 11) is 0. The maximum Gasteiger partial charge on any atom is 0.141 e. The van der Waals surface area contributed by atoms with Crippen LogP contribution in [0.15, 0.2) is 33.6 Å². The molecule has 1 N–H and O–H groups in total. The van der Waals surface area contributed by atoms with Gasteiger partial charge in [0.15, 0.2) is 0 Å². The Balaban J connectivity index is 2.36. The van der Waals surface area contributed by atoms with Crippen molar-refractivity contribution in [3.05, 3.63) is 50.6 Å². The zero-order chi connectivity index (χ0) is 13.1. The first-order valence-corrected chi connectivity index (χ1v) is 7.40. The average Bonchev–Trinajstić information content (AvgIpc) is 2.73. The number of nitrogens with zero attached hydrogens (tertiary/aromatic N) is 1. The molecule has 0 fully saturated rings. The van der Waals surface area contributed by atoms with Crippen LogP contribution in [0.5, 0.6) is 0 Å². The van der Waals surface area contributed by atoms with E-state index < -0.39 is 0 Å². The normalized spacial score (nSPS) is 12.9. The molecule has 0 spiro atoms. The minimum Gasteiger partial charge on any atom is -0.303 e. The van der Waals surface area contributed by atoms with Crippen molar-refractivity contribution >= 4 is 27.3 Å². The highest BCUT2D eigenvalue weighted by Crippen LogP contribution is 2.31. The fourth-order valence-corrected chi connectivity index (χ4v) is 3.28. The molecule has 0 saturated carbocycles. The SMILES string of the molecule is CC(C)NC(c1ccc(F)cn1)c1cscc1Br. The van der Waals surface area contributed by atoms with Crippen LogP contribution >= 0.6 is 27.3 Å². The van der Waals surface area contributed by atoms with Crippen LogP contribution in [-0.2, 0) is 0 Å². The van der Waals surface area contributed by atoms with Gasteiger partial charge in [-0.15, -0.1) is 0 Å². The second kappa shape index (κ2) is 5.91. The number of thiophene rings is 1. The van der Waals surface area contributed by atoms with E-state index in [-0.39, 0.29) is 11.9 Å². The van der Waals surface area contributed by atoms with E-state index in [1.54, 1.807) is 17.4 Å². The predicted molar refractivity (Wildman–Crippen MR) is 76.3 cm³/mol. The van der Waals surface area contributed by atoms with E-state index in [0.29, 0.717) is 6.04 Å². The Hall–Kier alpha value is -0.780. The van der Waals surface area contributed by atoms with Gasteiger partial charge in [-0.25, -0.2) is 4.39 Å². The third-order valence-electron chi connectivity index (χ3n) is 2.50. The summed E-state index contributed by atoms with van der Waals surface area (Å²) in [4.78, 5) is 4.18. The summed E-state index contributed by atoms with van der Waals surface area (Å²) in [6.07, 6.45) is 1.25. The van der Waals surface area contributed by atoms with Crippen LogP contribution in [0.4, 0.5) is 4.39 Å². The van der Waals surface area contributed by atoms with Gasteiger partial charge in [0, 0.05) is 15.9 Å². The standard InChI is InChI=1S/C13H14BrFN2S/c1-8(2)17-13(10-6-18-7-11(10)14)12-4-3-9(15)5-16-12/h3-8,13,17H,1-2H3. The van der Waals surface area contributed by atoms with Crippen LogP contribution in [-0.4, -0.2) is 11.0 Å². The van der Waals surface area contributed by atoms with E-state index in [2.05, 4.69) is 45.5 Å². The smallest absolute Gasteiger partial charge is 0.141 e. The lowest BCUT2D eigenvalue weighted by atomic mass is 10.1. The molecule has 96 valence electrons. The summed E-state index contributed by atoms with van der Waals surface area (Å²) in [5, 5.41) is 7.56. The van der Waals surface area contributed by atoms with Crippen molar-refractivity contribution < 1.29 is 4.39 Å². The second-order valence-electron chi connectivity index (χ2n) is 4.33. The maximum absolute atomic E-state index is 12.9. The molecule has 18 heavy (non-hydrogen) atoms. The number of hydrogen-bond acceptors (Lipinski definition) is 3. The summed E-state index contributed by atoms with van der Waals surface area (Å²) >= 11 is 5.17. The fourth-order valence-electron chi connectivity index (χ4n) is 1.72. The summed E-state index contributed by atoms with van der Waals surface area (Å²) in [6, 6.07) is 3.46. The lowest BCUT2D eigenvalue weighted by Gasteiger charge is -2.20. The number of rotatable bonds is 4. The van der Waals surface area contributed by atoms with Crippen molar-refractivity contribution in [2.45, 2.75) is 25.9 Å². The molecule has 0 radical (unpaired) electrons. The maximum atomic E-state index is 12.9.